The molecule has 0 bridgehead atoms. The predicted octanol–water partition coefficient (Wildman–Crippen LogP) is 4.70. The van der Waals surface area contributed by atoms with Gasteiger partial charge >= 0.3 is 0 Å². The van der Waals surface area contributed by atoms with Gasteiger partial charge in [-0.1, -0.05) is 0 Å². The number of benzene rings is 1. The average molecular weight is 416 g/mol. The minimum absolute atomic E-state index is 0.0235. The molecule has 1 aliphatic carbocycles. The zero-order valence-corrected chi connectivity index (χ0v) is 17.5. The standard InChI is InChI=1S/C23H25N7O/c1-14-9-10-24-18-8-7-16(12-17(14)18)27-23-28-21(26-15-5-6-15)20-22(29-23)30(13-25-20)19-4-2-3-11-31-19/h7-10,12-13,15,19H,2-6,11H2,1H3,(H2,26,27,28,29). The topological polar surface area (TPSA) is 89.8 Å². The fourth-order valence-electron chi connectivity index (χ4n) is 4.14. The van der Waals surface area contributed by atoms with Gasteiger partial charge in [0.05, 0.1) is 11.8 Å². The van der Waals surface area contributed by atoms with Crippen LogP contribution < -0.4 is 10.6 Å². The molecular formula is C23H25N7O. The van der Waals surface area contributed by atoms with E-state index in [-0.39, 0.29) is 6.23 Å². The first-order valence-electron chi connectivity index (χ1n) is 11.0. The molecule has 4 heterocycles. The average Bonchev–Trinajstić information content (AvgIpc) is 3.50. The van der Waals surface area contributed by atoms with Gasteiger partial charge in [0, 0.05) is 29.9 Å². The Labute approximate surface area is 180 Å². The molecule has 8 heteroatoms. The maximum Gasteiger partial charge on any atom is 0.231 e. The number of hydrogen-bond acceptors (Lipinski definition) is 7. The molecule has 2 N–H and O–H groups in total. The largest absolute Gasteiger partial charge is 0.365 e. The van der Waals surface area contributed by atoms with E-state index in [2.05, 4.69) is 33.6 Å². The van der Waals surface area contributed by atoms with Crippen LogP contribution in [0.25, 0.3) is 22.1 Å². The summed E-state index contributed by atoms with van der Waals surface area (Å²) in [5, 5.41) is 8.04. The van der Waals surface area contributed by atoms with E-state index in [1.807, 2.05) is 35.3 Å². The molecule has 0 amide bonds. The Balaban J connectivity index is 1.41. The molecule has 6 rings (SSSR count). The highest BCUT2D eigenvalue weighted by molar-refractivity contribution is 5.87. The third-order valence-electron chi connectivity index (χ3n) is 6.02. The van der Waals surface area contributed by atoms with Gasteiger partial charge in [-0.3, -0.25) is 9.55 Å². The fourth-order valence-corrected chi connectivity index (χ4v) is 4.14. The van der Waals surface area contributed by atoms with E-state index in [0.717, 1.165) is 72.3 Å². The highest BCUT2D eigenvalue weighted by atomic mass is 16.5. The van der Waals surface area contributed by atoms with E-state index < -0.39 is 0 Å². The number of nitrogens with one attached hydrogen (secondary N) is 2. The summed E-state index contributed by atoms with van der Waals surface area (Å²) in [4.78, 5) is 18.7. The quantitative estimate of drug-likeness (QED) is 0.488. The number of rotatable bonds is 5. The fraction of sp³-hybridized carbons (Fsp3) is 0.391. The van der Waals surface area contributed by atoms with Crippen LogP contribution in [0.3, 0.4) is 0 Å². The molecule has 0 radical (unpaired) electrons. The molecule has 0 spiro atoms. The van der Waals surface area contributed by atoms with Crippen LogP contribution in [0.2, 0.25) is 0 Å². The summed E-state index contributed by atoms with van der Waals surface area (Å²) in [7, 11) is 0. The van der Waals surface area contributed by atoms with Gasteiger partial charge in [0.1, 0.15) is 6.23 Å². The first-order chi connectivity index (χ1) is 15.2. The number of hydrogen-bond donors (Lipinski definition) is 2. The Morgan fingerprint density at radius 1 is 1.06 bits per heavy atom. The lowest BCUT2D eigenvalue weighted by Gasteiger charge is -2.24. The summed E-state index contributed by atoms with van der Waals surface area (Å²) in [5.74, 6) is 1.33. The molecule has 8 nitrogen and oxygen atoms in total. The van der Waals surface area contributed by atoms with E-state index in [9.17, 15) is 0 Å². The molecular weight excluding hydrogens is 390 g/mol. The van der Waals surface area contributed by atoms with Crippen LogP contribution in [0.1, 0.15) is 43.9 Å². The second-order valence-corrected chi connectivity index (χ2v) is 8.44. The van der Waals surface area contributed by atoms with Crippen molar-refractivity contribution < 1.29 is 4.74 Å². The summed E-state index contributed by atoms with van der Waals surface area (Å²) >= 11 is 0. The number of imidazole rings is 1. The normalized spacial score (nSPS) is 19.1. The van der Waals surface area contributed by atoms with Crippen molar-refractivity contribution in [2.24, 2.45) is 0 Å². The van der Waals surface area contributed by atoms with E-state index in [1.165, 1.54) is 5.56 Å². The predicted molar refractivity (Wildman–Crippen MR) is 121 cm³/mol. The van der Waals surface area contributed by atoms with Crippen molar-refractivity contribution in [2.75, 3.05) is 17.2 Å². The van der Waals surface area contributed by atoms with E-state index in [1.54, 1.807) is 0 Å². The number of fused-ring (bicyclic) bond motifs is 2. The molecule has 1 atom stereocenters. The Morgan fingerprint density at radius 3 is 2.84 bits per heavy atom. The minimum Gasteiger partial charge on any atom is -0.365 e. The van der Waals surface area contributed by atoms with Crippen molar-refractivity contribution in [1.29, 1.82) is 0 Å². The molecule has 2 fully saturated rings. The second kappa shape index (κ2) is 7.46. The molecule has 1 saturated carbocycles. The molecule has 1 aliphatic heterocycles. The minimum atomic E-state index is -0.0235. The van der Waals surface area contributed by atoms with E-state index in [0.29, 0.717) is 12.0 Å². The summed E-state index contributed by atoms with van der Waals surface area (Å²) < 4.78 is 8.05. The van der Waals surface area contributed by atoms with Gasteiger partial charge in [0.25, 0.3) is 0 Å². The summed E-state index contributed by atoms with van der Waals surface area (Å²) in [6.45, 7) is 2.87. The van der Waals surface area contributed by atoms with Crippen LogP contribution in [0.5, 0.6) is 0 Å². The smallest absolute Gasteiger partial charge is 0.231 e. The first-order valence-corrected chi connectivity index (χ1v) is 11.0. The van der Waals surface area contributed by atoms with Gasteiger partial charge < -0.3 is 15.4 Å². The number of ether oxygens (including phenoxy) is 1. The summed E-state index contributed by atoms with van der Waals surface area (Å²) in [6, 6.07) is 8.62. The molecule has 1 saturated heterocycles. The van der Waals surface area contributed by atoms with Gasteiger partial charge in [0.2, 0.25) is 5.95 Å². The maximum absolute atomic E-state index is 6.00. The molecule has 31 heavy (non-hydrogen) atoms. The van der Waals surface area contributed by atoms with Crippen molar-refractivity contribution in [1.82, 2.24) is 24.5 Å². The monoisotopic (exact) mass is 415 g/mol. The van der Waals surface area contributed by atoms with Gasteiger partial charge in [-0.25, -0.2) is 4.98 Å². The number of aryl methyl sites for hydroxylation is 1. The van der Waals surface area contributed by atoms with Crippen LogP contribution in [-0.2, 0) is 4.74 Å². The lowest BCUT2D eigenvalue weighted by molar-refractivity contribution is -0.0298. The zero-order valence-electron chi connectivity index (χ0n) is 17.5. The Morgan fingerprint density at radius 2 is 2.00 bits per heavy atom. The Bertz CT molecular complexity index is 1260. The third kappa shape index (κ3) is 3.57. The Hall–Kier alpha value is -3.26. The summed E-state index contributed by atoms with van der Waals surface area (Å²) in [5.41, 5.74) is 4.69. The van der Waals surface area contributed by atoms with Crippen molar-refractivity contribution in [3.63, 3.8) is 0 Å². The van der Waals surface area contributed by atoms with Gasteiger partial charge in [-0.15, -0.1) is 0 Å². The van der Waals surface area contributed by atoms with Crippen molar-refractivity contribution in [2.45, 2.75) is 51.3 Å². The highest BCUT2D eigenvalue weighted by Gasteiger charge is 2.26. The van der Waals surface area contributed by atoms with Gasteiger partial charge in [-0.05, 0) is 68.9 Å². The maximum atomic E-state index is 6.00. The second-order valence-electron chi connectivity index (χ2n) is 8.44. The summed E-state index contributed by atoms with van der Waals surface area (Å²) in [6.07, 6.45) is 9.21. The van der Waals surface area contributed by atoms with Crippen molar-refractivity contribution >= 4 is 39.5 Å². The van der Waals surface area contributed by atoms with Crippen molar-refractivity contribution in [3.8, 4) is 0 Å². The number of anilines is 3. The number of pyridine rings is 1. The molecule has 1 aromatic carbocycles. The lowest BCUT2D eigenvalue weighted by atomic mass is 10.1. The SMILES string of the molecule is Cc1ccnc2ccc(Nc3nc(NC4CC4)c4ncn(C5CCCCO5)c4n3)cc12. The molecule has 3 aromatic heterocycles. The van der Waals surface area contributed by atoms with E-state index >= 15 is 0 Å². The van der Waals surface area contributed by atoms with Crippen molar-refractivity contribution in [3.05, 3.63) is 42.4 Å². The lowest BCUT2D eigenvalue weighted by Crippen LogP contribution is -2.18. The number of nitrogens with zero attached hydrogens (tertiary/aromatic N) is 5. The molecule has 4 aromatic rings. The van der Waals surface area contributed by atoms with Gasteiger partial charge in [-0.2, -0.15) is 9.97 Å². The molecule has 158 valence electrons. The van der Waals surface area contributed by atoms with Crippen LogP contribution in [-0.4, -0.2) is 37.2 Å². The zero-order chi connectivity index (χ0) is 20.8. The molecule has 2 aliphatic rings. The van der Waals surface area contributed by atoms with Gasteiger partial charge in [0.15, 0.2) is 17.0 Å². The van der Waals surface area contributed by atoms with Crippen LogP contribution in [0.15, 0.2) is 36.8 Å². The Kier molecular flexibility index (Phi) is 4.45. The first kappa shape index (κ1) is 18.5. The van der Waals surface area contributed by atoms with Crippen LogP contribution in [0.4, 0.5) is 17.5 Å². The highest BCUT2D eigenvalue weighted by Crippen LogP contribution is 2.32. The van der Waals surface area contributed by atoms with E-state index in [4.69, 9.17) is 14.7 Å². The molecule has 1 unspecified atom stereocenters. The number of aromatic nitrogens is 5. The third-order valence-corrected chi connectivity index (χ3v) is 6.02. The van der Waals surface area contributed by atoms with Crippen LogP contribution >= 0.6 is 0 Å². The van der Waals surface area contributed by atoms with Crippen LogP contribution in [0, 0.1) is 6.92 Å².